The third-order valence-electron chi connectivity index (χ3n) is 4.14. The molecule has 1 aromatic heterocycles. The van der Waals surface area contributed by atoms with Crippen molar-refractivity contribution in [1.29, 1.82) is 0 Å². The number of aromatic nitrogens is 3. The molecule has 5 nitrogen and oxygen atoms in total. The van der Waals surface area contributed by atoms with E-state index < -0.39 is 17.7 Å². The van der Waals surface area contributed by atoms with Crippen LogP contribution in [-0.2, 0) is 11.3 Å². The van der Waals surface area contributed by atoms with Crippen molar-refractivity contribution in [2.45, 2.75) is 50.4 Å². The van der Waals surface area contributed by atoms with Crippen LogP contribution in [0.5, 0.6) is 0 Å². The van der Waals surface area contributed by atoms with Crippen molar-refractivity contribution in [3.63, 3.8) is 0 Å². The van der Waals surface area contributed by atoms with Crippen molar-refractivity contribution in [2.75, 3.05) is 5.75 Å². The molecule has 0 saturated heterocycles. The van der Waals surface area contributed by atoms with Gasteiger partial charge in [-0.25, -0.2) is 8.78 Å². The fraction of sp³-hybridized carbons (Fsp3) is 0.471. The van der Waals surface area contributed by atoms with E-state index in [4.69, 9.17) is 0 Å². The van der Waals surface area contributed by atoms with E-state index in [1.807, 2.05) is 11.5 Å². The normalized spacial score (nSPS) is 15.2. The zero-order chi connectivity index (χ0) is 18.0. The Morgan fingerprint density at radius 3 is 2.80 bits per heavy atom. The number of rotatable bonds is 7. The average Bonchev–Trinajstić information content (AvgIpc) is 3.32. The smallest absolute Gasteiger partial charge is 0.230 e. The Bertz CT molecular complexity index is 776. The van der Waals surface area contributed by atoms with Crippen LogP contribution < -0.4 is 5.32 Å². The molecule has 1 amide bonds. The first-order chi connectivity index (χ1) is 12.0. The van der Waals surface area contributed by atoms with Gasteiger partial charge in [0.05, 0.1) is 11.8 Å². The first-order valence-electron chi connectivity index (χ1n) is 8.29. The van der Waals surface area contributed by atoms with Crippen molar-refractivity contribution in [3.05, 3.63) is 41.2 Å². The molecule has 0 aliphatic heterocycles. The Labute approximate surface area is 149 Å². The van der Waals surface area contributed by atoms with Crippen LogP contribution >= 0.6 is 11.8 Å². The highest BCUT2D eigenvalue weighted by molar-refractivity contribution is 7.99. The molecule has 1 heterocycles. The Balaban J connectivity index is 1.57. The summed E-state index contributed by atoms with van der Waals surface area (Å²) >= 11 is 1.31. The lowest BCUT2D eigenvalue weighted by atomic mass is 10.1. The van der Waals surface area contributed by atoms with Crippen molar-refractivity contribution in [3.8, 4) is 0 Å². The topological polar surface area (TPSA) is 59.8 Å². The first-order valence-corrected chi connectivity index (χ1v) is 9.28. The zero-order valence-corrected chi connectivity index (χ0v) is 14.9. The van der Waals surface area contributed by atoms with E-state index in [-0.39, 0.29) is 17.2 Å². The number of carbonyl (C=O) groups is 1. The molecule has 25 heavy (non-hydrogen) atoms. The molecule has 1 aliphatic carbocycles. The van der Waals surface area contributed by atoms with Crippen LogP contribution in [0.15, 0.2) is 23.4 Å². The SMILES string of the molecule is CCn1c(SCC(=O)N[C@H](C)c2ccc(F)cc2F)nnc1C1CC1. The lowest BCUT2D eigenvalue weighted by molar-refractivity contribution is -0.119. The summed E-state index contributed by atoms with van der Waals surface area (Å²) in [6.45, 7) is 4.46. The third-order valence-corrected chi connectivity index (χ3v) is 5.11. The molecule has 1 atom stereocenters. The molecular formula is C17H20F2N4OS. The van der Waals surface area contributed by atoms with Crippen LogP contribution in [0.4, 0.5) is 8.78 Å². The number of carbonyl (C=O) groups excluding carboxylic acids is 1. The number of hydrogen-bond donors (Lipinski definition) is 1. The lowest BCUT2D eigenvalue weighted by Gasteiger charge is -2.15. The lowest BCUT2D eigenvalue weighted by Crippen LogP contribution is -2.28. The van der Waals surface area contributed by atoms with Crippen LogP contribution in [0, 0.1) is 11.6 Å². The van der Waals surface area contributed by atoms with E-state index in [9.17, 15) is 13.6 Å². The summed E-state index contributed by atoms with van der Waals surface area (Å²) < 4.78 is 28.8. The maximum Gasteiger partial charge on any atom is 0.230 e. The van der Waals surface area contributed by atoms with E-state index in [1.165, 1.54) is 23.9 Å². The summed E-state index contributed by atoms with van der Waals surface area (Å²) in [5.74, 6) is 0.112. The predicted molar refractivity (Wildman–Crippen MR) is 91.3 cm³/mol. The summed E-state index contributed by atoms with van der Waals surface area (Å²) in [5.41, 5.74) is 0.257. The highest BCUT2D eigenvalue weighted by atomic mass is 32.2. The largest absolute Gasteiger partial charge is 0.349 e. The van der Waals surface area contributed by atoms with E-state index >= 15 is 0 Å². The summed E-state index contributed by atoms with van der Waals surface area (Å²) in [5, 5.41) is 11.9. The summed E-state index contributed by atoms with van der Waals surface area (Å²) in [4.78, 5) is 12.1. The van der Waals surface area contributed by atoms with Crippen molar-refractivity contribution >= 4 is 17.7 Å². The minimum Gasteiger partial charge on any atom is -0.349 e. The minimum absolute atomic E-state index is 0.163. The van der Waals surface area contributed by atoms with Crippen LogP contribution in [0.3, 0.4) is 0 Å². The number of amides is 1. The molecule has 8 heteroatoms. The zero-order valence-electron chi connectivity index (χ0n) is 14.1. The van der Waals surface area contributed by atoms with E-state index in [2.05, 4.69) is 15.5 Å². The van der Waals surface area contributed by atoms with Crippen molar-refractivity contribution in [1.82, 2.24) is 20.1 Å². The molecule has 3 rings (SSSR count). The highest BCUT2D eigenvalue weighted by Gasteiger charge is 2.30. The van der Waals surface area contributed by atoms with Gasteiger partial charge in [-0.05, 0) is 32.8 Å². The summed E-state index contributed by atoms with van der Waals surface area (Å²) in [6, 6.07) is 2.80. The molecule has 1 N–H and O–H groups in total. The third kappa shape index (κ3) is 4.18. The minimum atomic E-state index is -0.666. The summed E-state index contributed by atoms with van der Waals surface area (Å²) in [7, 11) is 0. The second-order valence-corrected chi connectivity index (χ2v) is 7.05. The van der Waals surface area contributed by atoms with Gasteiger partial charge in [-0.3, -0.25) is 4.79 Å². The predicted octanol–water partition coefficient (Wildman–Crippen LogP) is 3.42. The summed E-state index contributed by atoms with van der Waals surface area (Å²) in [6.07, 6.45) is 2.29. The Hall–Kier alpha value is -1.96. The standard InChI is InChI=1S/C17H20F2N4OS/c1-3-23-16(11-4-5-11)21-22-17(23)25-9-15(24)20-10(2)13-7-6-12(18)8-14(13)19/h6-8,10-11H,3-5,9H2,1-2H3,(H,20,24)/t10-/m1/s1. The first kappa shape index (κ1) is 17.8. The van der Waals surface area contributed by atoms with Gasteiger partial charge in [-0.1, -0.05) is 17.8 Å². The maximum atomic E-state index is 13.8. The van der Waals surface area contributed by atoms with E-state index in [0.717, 1.165) is 36.4 Å². The molecule has 1 aromatic carbocycles. The van der Waals surface area contributed by atoms with Gasteiger partial charge in [0.2, 0.25) is 5.91 Å². The number of hydrogen-bond acceptors (Lipinski definition) is 4. The van der Waals surface area contributed by atoms with Gasteiger partial charge in [-0.15, -0.1) is 10.2 Å². The number of thioether (sulfide) groups is 1. The van der Waals surface area contributed by atoms with Gasteiger partial charge in [0.15, 0.2) is 5.16 Å². The van der Waals surface area contributed by atoms with Gasteiger partial charge in [0.25, 0.3) is 0 Å². The average molecular weight is 366 g/mol. The van der Waals surface area contributed by atoms with Crippen molar-refractivity contribution < 1.29 is 13.6 Å². The Morgan fingerprint density at radius 1 is 1.40 bits per heavy atom. The molecule has 0 radical (unpaired) electrons. The van der Waals surface area contributed by atoms with Crippen LogP contribution in [-0.4, -0.2) is 26.4 Å². The van der Waals surface area contributed by atoms with Crippen LogP contribution in [0.2, 0.25) is 0 Å². The second-order valence-electron chi connectivity index (χ2n) is 6.10. The molecule has 2 aromatic rings. The fourth-order valence-electron chi connectivity index (χ4n) is 2.69. The van der Waals surface area contributed by atoms with Gasteiger partial charge in [-0.2, -0.15) is 0 Å². The molecule has 0 spiro atoms. The van der Waals surface area contributed by atoms with E-state index in [0.29, 0.717) is 5.92 Å². The molecule has 1 fully saturated rings. The molecule has 1 aliphatic rings. The Kier molecular flexibility index (Phi) is 5.36. The monoisotopic (exact) mass is 366 g/mol. The van der Waals surface area contributed by atoms with Crippen LogP contribution in [0.1, 0.15) is 50.0 Å². The number of nitrogens with one attached hydrogen (secondary N) is 1. The quantitative estimate of drug-likeness (QED) is 0.763. The molecule has 0 bridgehead atoms. The van der Waals surface area contributed by atoms with Gasteiger partial charge in [0.1, 0.15) is 17.5 Å². The molecule has 0 unspecified atom stereocenters. The number of nitrogens with zero attached hydrogens (tertiary/aromatic N) is 3. The molecule has 134 valence electrons. The van der Waals surface area contributed by atoms with E-state index in [1.54, 1.807) is 6.92 Å². The molecular weight excluding hydrogens is 346 g/mol. The van der Waals surface area contributed by atoms with Gasteiger partial charge < -0.3 is 9.88 Å². The van der Waals surface area contributed by atoms with Gasteiger partial charge in [0, 0.05) is 24.1 Å². The second kappa shape index (κ2) is 7.51. The highest BCUT2D eigenvalue weighted by Crippen LogP contribution is 2.39. The van der Waals surface area contributed by atoms with Crippen molar-refractivity contribution in [2.24, 2.45) is 0 Å². The molecule has 1 saturated carbocycles. The fourth-order valence-corrected chi connectivity index (χ4v) is 3.51. The maximum absolute atomic E-state index is 13.8. The number of halogens is 2. The van der Waals surface area contributed by atoms with Crippen LogP contribution in [0.25, 0.3) is 0 Å². The Morgan fingerprint density at radius 2 is 2.16 bits per heavy atom. The number of benzene rings is 1. The van der Waals surface area contributed by atoms with Gasteiger partial charge >= 0.3 is 0 Å².